The van der Waals surface area contributed by atoms with E-state index < -0.39 is 0 Å². The molecule has 0 atom stereocenters. The van der Waals surface area contributed by atoms with Crippen LogP contribution < -0.4 is 0 Å². The van der Waals surface area contributed by atoms with E-state index in [1.165, 1.54) is 19.3 Å². The third kappa shape index (κ3) is 1.09. The zero-order valence-electron chi connectivity index (χ0n) is 6.42. The van der Waals surface area contributed by atoms with Gasteiger partial charge in [-0.15, -0.1) is 10.2 Å². The maximum absolute atomic E-state index is 3.99. The van der Waals surface area contributed by atoms with Crippen molar-refractivity contribution in [1.82, 2.24) is 14.8 Å². The molecule has 0 radical (unpaired) electrons. The predicted octanol–water partition coefficient (Wildman–Crippen LogP) is 2.07. The van der Waals surface area contributed by atoms with Gasteiger partial charge in [-0.3, -0.25) is 0 Å². The first kappa shape index (κ1) is 7.28. The Kier molecular flexibility index (Phi) is 1.71. The fourth-order valence-corrected chi connectivity index (χ4v) is 2.03. The van der Waals surface area contributed by atoms with E-state index in [9.17, 15) is 0 Å². The van der Waals surface area contributed by atoms with E-state index in [0.29, 0.717) is 6.04 Å². The minimum Gasteiger partial charge on any atom is -0.303 e. The molecule has 60 valence electrons. The van der Waals surface area contributed by atoms with Gasteiger partial charge in [0.05, 0.1) is 0 Å². The molecule has 0 bridgehead atoms. The lowest BCUT2D eigenvalue weighted by Crippen LogP contribution is -2.18. The van der Waals surface area contributed by atoms with Gasteiger partial charge in [-0.1, -0.05) is 0 Å². The molecular formula is C7H10BrN3. The minimum atomic E-state index is 0.652. The Morgan fingerprint density at radius 3 is 2.55 bits per heavy atom. The Balaban J connectivity index is 2.33. The highest BCUT2D eigenvalue weighted by atomic mass is 79.9. The Labute approximate surface area is 73.9 Å². The summed E-state index contributed by atoms with van der Waals surface area (Å²) >= 11 is 3.38. The summed E-state index contributed by atoms with van der Waals surface area (Å²) in [4.78, 5) is 0. The molecule has 1 aliphatic rings. The van der Waals surface area contributed by atoms with Crippen LogP contribution in [0.4, 0.5) is 0 Å². The average molecular weight is 216 g/mol. The van der Waals surface area contributed by atoms with Crippen molar-refractivity contribution in [3.05, 3.63) is 10.6 Å². The molecule has 0 aliphatic heterocycles. The second-order valence-electron chi connectivity index (χ2n) is 2.97. The maximum Gasteiger partial charge on any atom is 0.200 e. The molecule has 0 N–H and O–H groups in total. The number of hydrogen-bond acceptors (Lipinski definition) is 2. The van der Waals surface area contributed by atoms with Crippen LogP contribution in [0.25, 0.3) is 0 Å². The third-order valence-electron chi connectivity index (χ3n) is 2.26. The smallest absolute Gasteiger partial charge is 0.200 e. The molecule has 0 unspecified atom stereocenters. The van der Waals surface area contributed by atoms with Crippen molar-refractivity contribution in [3.63, 3.8) is 0 Å². The van der Waals surface area contributed by atoms with E-state index in [1.807, 2.05) is 6.92 Å². The van der Waals surface area contributed by atoms with Crippen molar-refractivity contribution < 1.29 is 0 Å². The van der Waals surface area contributed by atoms with Crippen molar-refractivity contribution in [3.8, 4) is 0 Å². The zero-order chi connectivity index (χ0) is 7.84. The van der Waals surface area contributed by atoms with Crippen LogP contribution in [0.3, 0.4) is 0 Å². The van der Waals surface area contributed by atoms with Gasteiger partial charge in [-0.05, 0) is 42.1 Å². The average Bonchev–Trinajstić information content (AvgIpc) is 2.15. The number of rotatable bonds is 1. The maximum atomic E-state index is 3.99. The minimum absolute atomic E-state index is 0.652. The highest BCUT2D eigenvalue weighted by molar-refractivity contribution is 9.10. The monoisotopic (exact) mass is 215 g/mol. The summed E-state index contributed by atoms with van der Waals surface area (Å²) in [6, 6.07) is 0.652. The molecule has 0 saturated heterocycles. The van der Waals surface area contributed by atoms with E-state index in [4.69, 9.17) is 0 Å². The summed E-state index contributed by atoms with van der Waals surface area (Å²) < 4.78 is 3.04. The number of halogens is 1. The van der Waals surface area contributed by atoms with E-state index in [-0.39, 0.29) is 0 Å². The van der Waals surface area contributed by atoms with Crippen LogP contribution in [0.5, 0.6) is 0 Å². The van der Waals surface area contributed by atoms with Crippen LogP contribution in [0.15, 0.2) is 4.73 Å². The van der Waals surface area contributed by atoms with Crippen LogP contribution in [0, 0.1) is 6.92 Å². The van der Waals surface area contributed by atoms with Gasteiger partial charge < -0.3 is 4.57 Å². The van der Waals surface area contributed by atoms with Gasteiger partial charge >= 0.3 is 0 Å². The summed E-state index contributed by atoms with van der Waals surface area (Å²) in [6.45, 7) is 2.00. The van der Waals surface area contributed by atoms with Gasteiger partial charge in [0.1, 0.15) is 5.82 Å². The third-order valence-corrected chi connectivity index (χ3v) is 2.81. The van der Waals surface area contributed by atoms with Crippen molar-refractivity contribution in [1.29, 1.82) is 0 Å². The molecule has 3 nitrogen and oxygen atoms in total. The summed E-state index contributed by atoms with van der Waals surface area (Å²) in [5, 5.41) is 7.93. The van der Waals surface area contributed by atoms with E-state index >= 15 is 0 Å². The van der Waals surface area contributed by atoms with Crippen molar-refractivity contribution in [2.45, 2.75) is 32.2 Å². The second kappa shape index (κ2) is 2.59. The van der Waals surface area contributed by atoms with Crippen molar-refractivity contribution in [2.24, 2.45) is 0 Å². The fraction of sp³-hybridized carbons (Fsp3) is 0.714. The van der Waals surface area contributed by atoms with Gasteiger partial charge in [-0.2, -0.15) is 0 Å². The highest BCUT2D eigenvalue weighted by Crippen LogP contribution is 2.34. The topological polar surface area (TPSA) is 30.7 Å². The van der Waals surface area contributed by atoms with Crippen LogP contribution in [0.1, 0.15) is 31.1 Å². The summed E-state index contributed by atoms with van der Waals surface area (Å²) in [5.41, 5.74) is 0. The highest BCUT2D eigenvalue weighted by Gasteiger charge is 2.23. The number of aryl methyl sites for hydroxylation is 1. The lowest BCUT2D eigenvalue weighted by atomic mass is 9.93. The van der Waals surface area contributed by atoms with Gasteiger partial charge in [0.2, 0.25) is 0 Å². The zero-order valence-corrected chi connectivity index (χ0v) is 8.00. The largest absolute Gasteiger partial charge is 0.303 e. The SMILES string of the molecule is Cc1nnc(Br)n1C1CCC1. The standard InChI is InChI=1S/C7H10BrN3/c1-5-9-10-7(8)11(5)6-3-2-4-6/h6H,2-4H2,1H3. The van der Waals surface area contributed by atoms with Crippen molar-refractivity contribution in [2.75, 3.05) is 0 Å². The molecule has 0 aromatic carbocycles. The number of nitrogens with zero attached hydrogens (tertiary/aromatic N) is 3. The van der Waals surface area contributed by atoms with E-state index in [2.05, 4.69) is 30.7 Å². The molecule has 1 aliphatic carbocycles. The van der Waals surface area contributed by atoms with Crippen LogP contribution in [-0.4, -0.2) is 14.8 Å². The quantitative estimate of drug-likeness (QED) is 0.719. The van der Waals surface area contributed by atoms with Crippen LogP contribution in [-0.2, 0) is 0 Å². The molecular weight excluding hydrogens is 206 g/mol. The molecule has 1 saturated carbocycles. The number of aromatic nitrogens is 3. The molecule has 0 amide bonds. The fourth-order valence-electron chi connectivity index (χ4n) is 1.40. The Hall–Kier alpha value is -0.380. The van der Waals surface area contributed by atoms with Gasteiger partial charge in [0.25, 0.3) is 0 Å². The second-order valence-corrected chi connectivity index (χ2v) is 3.68. The van der Waals surface area contributed by atoms with Gasteiger partial charge in [-0.25, -0.2) is 0 Å². The first-order valence-electron chi connectivity index (χ1n) is 3.86. The molecule has 1 fully saturated rings. The molecule has 1 aromatic rings. The predicted molar refractivity (Wildman–Crippen MR) is 45.3 cm³/mol. The Morgan fingerprint density at radius 1 is 1.45 bits per heavy atom. The molecule has 11 heavy (non-hydrogen) atoms. The molecule has 4 heteroatoms. The normalized spacial score (nSPS) is 18.4. The van der Waals surface area contributed by atoms with E-state index in [1.54, 1.807) is 0 Å². The molecule has 1 heterocycles. The van der Waals surface area contributed by atoms with Crippen LogP contribution in [0.2, 0.25) is 0 Å². The number of hydrogen-bond donors (Lipinski definition) is 0. The van der Waals surface area contributed by atoms with Crippen LogP contribution >= 0.6 is 15.9 Å². The van der Waals surface area contributed by atoms with Gasteiger partial charge in [0, 0.05) is 6.04 Å². The first-order valence-corrected chi connectivity index (χ1v) is 4.65. The first-order chi connectivity index (χ1) is 5.29. The summed E-state index contributed by atoms with van der Waals surface area (Å²) in [7, 11) is 0. The molecule has 2 rings (SSSR count). The van der Waals surface area contributed by atoms with E-state index in [0.717, 1.165) is 10.6 Å². The Morgan fingerprint density at radius 2 is 2.18 bits per heavy atom. The lowest BCUT2D eigenvalue weighted by molar-refractivity contribution is 0.304. The molecule has 1 aromatic heterocycles. The summed E-state index contributed by atoms with van der Waals surface area (Å²) in [6.07, 6.45) is 3.89. The molecule has 0 spiro atoms. The lowest BCUT2D eigenvalue weighted by Gasteiger charge is -2.27. The summed E-state index contributed by atoms with van der Waals surface area (Å²) in [5.74, 6) is 1.02. The van der Waals surface area contributed by atoms with Crippen molar-refractivity contribution >= 4 is 15.9 Å². The Bertz CT molecular complexity index is 245. The van der Waals surface area contributed by atoms with Gasteiger partial charge in [0.15, 0.2) is 4.73 Å².